The lowest BCUT2D eigenvalue weighted by Gasteiger charge is -2.49. The summed E-state index contributed by atoms with van der Waals surface area (Å²) in [5, 5.41) is 0. The van der Waals surface area contributed by atoms with Crippen molar-refractivity contribution in [2.24, 2.45) is 5.92 Å². The average Bonchev–Trinajstić information content (AvgIpc) is 3.33. The summed E-state index contributed by atoms with van der Waals surface area (Å²) in [4.78, 5) is 20.8. The quantitative estimate of drug-likeness (QED) is 0.808. The number of carbonyl (C=O) groups excluding carboxylic acids is 1. The number of carbonyl (C=O) groups is 1. The van der Waals surface area contributed by atoms with Gasteiger partial charge in [0, 0.05) is 23.6 Å². The zero-order chi connectivity index (χ0) is 18.4. The molecule has 0 radical (unpaired) electrons. The Kier molecular flexibility index (Phi) is 4.16. The number of aromatic nitrogens is 1. The zero-order valence-corrected chi connectivity index (χ0v) is 15.8. The molecule has 0 unspecified atom stereocenters. The second-order valence-electron chi connectivity index (χ2n) is 7.57. The van der Waals surface area contributed by atoms with Gasteiger partial charge in [0.1, 0.15) is 5.60 Å². The predicted molar refractivity (Wildman–Crippen MR) is 98.7 cm³/mol. The maximum atomic E-state index is 13.7. The fraction of sp³-hybridized carbons (Fsp3) is 0.500. The van der Waals surface area contributed by atoms with E-state index in [0.717, 1.165) is 24.1 Å². The smallest absolute Gasteiger partial charge is 0.264 e. The summed E-state index contributed by atoms with van der Waals surface area (Å²) in [6.07, 6.45) is 5.76. The van der Waals surface area contributed by atoms with Gasteiger partial charge in [0.25, 0.3) is 5.91 Å². The molecule has 0 N–H and O–H groups in total. The third-order valence-corrected chi connectivity index (χ3v) is 7.13. The minimum atomic E-state index is -0.457. The average molecular weight is 388 g/mol. The third kappa shape index (κ3) is 2.93. The molecule has 27 heavy (non-hydrogen) atoms. The predicted octanol–water partition coefficient (Wildman–Crippen LogP) is 3.08. The number of likely N-dealkylation sites (tertiary alicyclic amines) is 1. The van der Waals surface area contributed by atoms with E-state index in [9.17, 15) is 9.18 Å². The van der Waals surface area contributed by atoms with E-state index in [1.54, 1.807) is 11.3 Å². The molecule has 1 aliphatic carbocycles. The van der Waals surface area contributed by atoms with Gasteiger partial charge in [0.05, 0.1) is 24.6 Å². The second-order valence-corrected chi connectivity index (χ2v) is 8.71. The number of nitrogens with zero attached hydrogens (tertiary/aromatic N) is 2. The van der Waals surface area contributed by atoms with Crippen LogP contribution in [0.3, 0.4) is 0 Å². The number of halogens is 1. The summed E-state index contributed by atoms with van der Waals surface area (Å²) in [6.45, 7) is 2.15. The number of rotatable bonds is 4. The molecule has 1 amide bonds. The number of amides is 1. The molecule has 2 aromatic heterocycles. The van der Waals surface area contributed by atoms with Crippen LogP contribution in [0.1, 0.15) is 33.0 Å². The van der Waals surface area contributed by atoms with Gasteiger partial charge in [-0.25, -0.2) is 9.37 Å². The molecule has 7 heteroatoms. The Labute approximate surface area is 161 Å². The van der Waals surface area contributed by atoms with Gasteiger partial charge in [-0.2, -0.15) is 0 Å². The van der Waals surface area contributed by atoms with E-state index in [1.165, 1.54) is 35.2 Å². The Hall–Kier alpha value is -1.99. The van der Waals surface area contributed by atoms with Crippen LogP contribution in [0, 0.1) is 11.7 Å². The fourth-order valence-electron chi connectivity index (χ4n) is 4.36. The SMILES string of the molecule is O=C(c1cc2c(s1)CCC2)N1CC2(C1)OCC[C@H]2COc1ncccc1F. The molecule has 2 fully saturated rings. The first-order valence-corrected chi connectivity index (χ1v) is 10.2. The van der Waals surface area contributed by atoms with E-state index < -0.39 is 5.82 Å². The monoisotopic (exact) mass is 388 g/mol. The van der Waals surface area contributed by atoms with E-state index in [4.69, 9.17) is 9.47 Å². The van der Waals surface area contributed by atoms with E-state index >= 15 is 0 Å². The highest BCUT2D eigenvalue weighted by Crippen LogP contribution is 2.41. The molecule has 0 saturated carbocycles. The maximum Gasteiger partial charge on any atom is 0.264 e. The number of aryl methyl sites for hydroxylation is 2. The number of hydrogen-bond donors (Lipinski definition) is 0. The second kappa shape index (κ2) is 6.56. The topological polar surface area (TPSA) is 51.7 Å². The van der Waals surface area contributed by atoms with Crippen LogP contribution in [0.4, 0.5) is 4.39 Å². The van der Waals surface area contributed by atoms with Crippen molar-refractivity contribution in [1.29, 1.82) is 0 Å². The van der Waals surface area contributed by atoms with Crippen molar-refractivity contribution in [2.75, 3.05) is 26.3 Å². The van der Waals surface area contributed by atoms with Crippen LogP contribution in [-0.2, 0) is 17.6 Å². The molecule has 3 aliphatic rings. The number of hydrogen-bond acceptors (Lipinski definition) is 5. The Bertz CT molecular complexity index is 856. The number of fused-ring (bicyclic) bond motifs is 1. The van der Waals surface area contributed by atoms with Crippen LogP contribution >= 0.6 is 11.3 Å². The van der Waals surface area contributed by atoms with Crippen LogP contribution < -0.4 is 4.74 Å². The first kappa shape index (κ1) is 17.1. The Morgan fingerprint density at radius 2 is 2.33 bits per heavy atom. The van der Waals surface area contributed by atoms with E-state index in [0.29, 0.717) is 26.3 Å². The first-order chi connectivity index (χ1) is 13.1. The van der Waals surface area contributed by atoms with Gasteiger partial charge in [-0.15, -0.1) is 11.3 Å². The van der Waals surface area contributed by atoms with E-state index in [2.05, 4.69) is 11.1 Å². The lowest BCUT2D eigenvalue weighted by Crippen LogP contribution is -2.66. The number of pyridine rings is 1. The minimum absolute atomic E-state index is 0.0277. The van der Waals surface area contributed by atoms with Crippen molar-refractivity contribution in [3.63, 3.8) is 0 Å². The molecule has 0 bridgehead atoms. The molecule has 5 nitrogen and oxygen atoms in total. The standard InChI is InChI=1S/C20H21FN2O3S/c21-15-4-2-7-22-18(15)25-10-14-6-8-26-20(14)11-23(12-20)19(24)17-9-13-3-1-5-16(13)27-17/h2,4,7,9,14H,1,3,5-6,8,10-12H2/t14-/m0/s1. The van der Waals surface area contributed by atoms with Gasteiger partial charge in [-0.1, -0.05) is 0 Å². The fourth-order valence-corrected chi connectivity index (χ4v) is 5.58. The molecule has 142 valence electrons. The Balaban J connectivity index is 1.22. The summed E-state index contributed by atoms with van der Waals surface area (Å²) in [5.74, 6) is -0.191. The molecule has 2 saturated heterocycles. The highest BCUT2D eigenvalue weighted by molar-refractivity contribution is 7.14. The van der Waals surface area contributed by atoms with Crippen LogP contribution in [0.15, 0.2) is 24.4 Å². The van der Waals surface area contributed by atoms with Crippen LogP contribution in [0.2, 0.25) is 0 Å². The third-order valence-electron chi connectivity index (χ3n) is 5.91. The van der Waals surface area contributed by atoms with E-state index in [1.807, 2.05) is 4.90 Å². The van der Waals surface area contributed by atoms with Gasteiger partial charge < -0.3 is 14.4 Å². The zero-order valence-electron chi connectivity index (χ0n) is 14.9. The van der Waals surface area contributed by atoms with Gasteiger partial charge in [-0.3, -0.25) is 4.79 Å². The molecule has 1 atom stereocenters. The maximum absolute atomic E-state index is 13.7. The molecule has 4 heterocycles. The first-order valence-electron chi connectivity index (χ1n) is 9.43. The van der Waals surface area contributed by atoms with Crippen LogP contribution in [-0.4, -0.2) is 47.7 Å². The summed E-state index contributed by atoms with van der Waals surface area (Å²) >= 11 is 1.64. The largest absolute Gasteiger partial charge is 0.475 e. The molecule has 0 aromatic carbocycles. The van der Waals surface area contributed by atoms with Crippen molar-refractivity contribution in [1.82, 2.24) is 9.88 Å². The normalized spacial score (nSPS) is 22.7. The van der Waals surface area contributed by atoms with E-state index in [-0.39, 0.29) is 23.3 Å². The van der Waals surface area contributed by atoms with Gasteiger partial charge in [0.2, 0.25) is 5.88 Å². The summed E-state index contributed by atoms with van der Waals surface area (Å²) in [5.41, 5.74) is 0.986. The van der Waals surface area contributed by atoms with Crippen molar-refractivity contribution >= 4 is 17.2 Å². The van der Waals surface area contributed by atoms with Crippen molar-refractivity contribution < 1.29 is 18.7 Å². The molecule has 1 spiro atoms. The number of thiophene rings is 1. The molecular formula is C20H21FN2O3S. The molecule has 5 rings (SSSR count). The lowest BCUT2D eigenvalue weighted by atomic mass is 9.81. The van der Waals surface area contributed by atoms with Crippen molar-refractivity contribution in [3.05, 3.63) is 45.5 Å². The highest BCUT2D eigenvalue weighted by Gasteiger charge is 2.55. The van der Waals surface area contributed by atoms with Gasteiger partial charge in [0.15, 0.2) is 5.82 Å². The molecule has 2 aliphatic heterocycles. The van der Waals surface area contributed by atoms with Gasteiger partial charge >= 0.3 is 0 Å². The molecule has 2 aromatic rings. The summed E-state index contributed by atoms with van der Waals surface area (Å²) < 4.78 is 25.3. The van der Waals surface area contributed by atoms with Crippen molar-refractivity contribution in [3.8, 4) is 5.88 Å². The minimum Gasteiger partial charge on any atom is -0.475 e. The lowest BCUT2D eigenvalue weighted by molar-refractivity contribution is -0.122. The Morgan fingerprint density at radius 1 is 1.44 bits per heavy atom. The molecular weight excluding hydrogens is 367 g/mol. The Morgan fingerprint density at radius 3 is 3.15 bits per heavy atom. The van der Waals surface area contributed by atoms with Gasteiger partial charge in [-0.05, 0) is 49.4 Å². The number of ether oxygens (including phenoxy) is 2. The van der Waals surface area contributed by atoms with Crippen LogP contribution in [0.5, 0.6) is 5.88 Å². The summed E-state index contributed by atoms with van der Waals surface area (Å²) in [7, 11) is 0. The van der Waals surface area contributed by atoms with Crippen molar-refractivity contribution in [2.45, 2.75) is 31.3 Å². The summed E-state index contributed by atoms with van der Waals surface area (Å²) in [6, 6.07) is 4.95. The highest BCUT2D eigenvalue weighted by atomic mass is 32.1. The van der Waals surface area contributed by atoms with Crippen LogP contribution in [0.25, 0.3) is 0 Å².